The van der Waals surface area contributed by atoms with E-state index in [1.807, 2.05) is 6.92 Å². The van der Waals surface area contributed by atoms with Gasteiger partial charge in [-0.2, -0.15) is 0 Å². The predicted molar refractivity (Wildman–Crippen MR) is 61.5 cm³/mol. The van der Waals surface area contributed by atoms with Crippen molar-refractivity contribution in [2.24, 2.45) is 0 Å². The number of carbonyl (C=O) groups excluding carboxylic acids is 1. The van der Waals surface area contributed by atoms with Gasteiger partial charge in [0.1, 0.15) is 6.61 Å². The van der Waals surface area contributed by atoms with Crippen molar-refractivity contribution in [3.63, 3.8) is 0 Å². The molecule has 5 nitrogen and oxygen atoms in total. The Labute approximate surface area is 102 Å². The van der Waals surface area contributed by atoms with Gasteiger partial charge in [0.05, 0.1) is 19.3 Å². The molecule has 2 aliphatic rings. The lowest BCUT2D eigenvalue weighted by Gasteiger charge is -2.35. The summed E-state index contributed by atoms with van der Waals surface area (Å²) in [4.78, 5) is 11.2. The molecule has 17 heavy (non-hydrogen) atoms. The first-order chi connectivity index (χ1) is 8.24. The van der Waals surface area contributed by atoms with Crippen LogP contribution in [-0.2, 0) is 19.0 Å². The highest BCUT2D eigenvalue weighted by Crippen LogP contribution is 2.36. The van der Waals surface area contributed by atoms with Crippen molar-refractivity contribution in [1.29, 1.82) is 0 Å². The highest BCUT2D eigenvalue weighted by molar-refractivity contribution is 5.77. The summed E-state index contributed by atoms with van der Waals surface area (Å²) in [6.45, 7) is 4.11. The third kappa shape index (κ3) is 3.40. The van der Waals surface area contributed by atoms with Crippen LogP contribution in [0.4, 0.5) is 0 Å². The molecule has 0 aromatic heterocycles. The van der Waals surface area contributed by atoms with Crippen LogP contribution in [0.3, 0.4) is 0 Å². The highest BCUT2D eigenvalue weighted by Gasteiger charge is 2.40. The second-order valence-electron chi connectivity index (χ2n) is 4.57. The van der Waals surface area contributed by atoms with Crippen LogP contribution in [-0.4, -0.2) is 44.2 Å². The molecular weight excluding hydrogens is 222 g/mol. The Hall–Kier alpha value is -0.650. The fraction of sp³-hybridized carbons (Fsp3) is 0.917. The van der Waals surface area contributed by atoms with Crippen molar-refractivity contribution in [3.05, 3.63) is 0 Å². The lowest BCUT2D eigenvalue weighted by atomic mass is 9.92. The third-order valence-corrected chi connectivity index (χ3v) is 3.33. The summed E-state index contributed by atoms with van der Waals surface area (Å²) in [6.07, 6.45) is 3.70. The van der Waals surface area contributed by atoms with Gasteiger partial charge >= 0.3 is 0 Å². The molecule has 0 atom stereocenters. The van der Waals surface area contributed by atoms with E-state index in [9.17, 15) is 4.79 Å². The van der Waals surface area contributed by atoms with Gasteiger partial charge in [-0.05, 0) is 19.8 Å². The van der Waals surface area contributed by atoms with E-state index in [1.54, 1.807) is 0 Å². The fourth-order valence-electron chi connectivity index (χ4n) is 2.43. The van der Waals surface area contributed by atoms with Gasteiger partial charge in [0, 0.05) is 19.4 Å². The van der Waals surface area contributed by atoms with Crippen molar-refractivity contribution in [2.45, 2.75) is 44.5 Å². The van der Waals surface area contributed by atoms with E-state index in [4.69, 9.17) is 14.2 Å². The number of hydrogen-bond donors (Lipinski definition) is 1. The van der Waals surface area contributed by atoms with Crippen molar-refractivity contribution in [3.8, 4) is 0 Å². The Kier molecular flexibility index (Phi) is 4.36. The largest absolute Gasteiger partial charge is 0.368 e. The number of hydrogen-bond acceptors (Lipinski definition) is 4. The molecule has 1 aliphatic carbocycles. The number of ether oxygens (including phenoxy) is 3. The van der Waals surface area contributed by atoms with Gasteiger partial charge in [-0.1, -0.05) is 0 Å². The first kappa shape index (κ1) is 12.8. The maximum absolute atomic E-state index is 11.2. The van der Waals surface area contributed by atoms with Crippen LogP contribution in [0.5, 0.6) is 0 Å². The van der Waals surface area contributed by atoms with Gasteiger partial charge in [0.15, 0.2) is 5.79 Å². The van der Waals surface area contributed by atoms with Crippen LogP contribution in [0, 0.1) is 0 Å². The van der Waals surface area contributed by atoms with Gasteiger partial charge < -0.3 is 19.5 Å². The molecule has 1 amide bonds. The van der Waals surface area contributed by atoms with Crippen LogP contribution in [0.25, 0.3) is 0 Å². The molecule has 0 bridgehead atoms. The normalized spacial score (nSPS) is 24.1. The summed E-state index contributed by atoms with van der Waals surface area (Å²) in [7, 11) is 0. The van der Waals surface area contributed by atoms with E-state index in [1.165, 1.54) is 0 Å². The Bertz CT molecular complexity index is 253. The molecule has 1 aliphatic heterocycles. The number of nitrogens with one attached hydrogen (secondary N) is 1. The van der Waals surface area contributed by atoms with Gasteiger partial charge in [-0.3, -0.25) is 4.79 Å². The number of carbonyl (C=O) groups is 1. The van der Waals surface area contributed by atoms with E-state index >= 15 is 0 Å². The summed E-state index contributed by atoms with van der Waals surface area (Å²) >= 11 is 0. The second-order valence-corrected chi connectivity index (χ2v) is 4.57. The van der Waals surface area contributed by atoms with Crippen molar-refractivity contribution in [2.75, 3.05) is 26.4 Å². The average Bonchev–Trinajstić information content (AvgIpc) is 2.78. The van der Waals surface area contributed by atoms with Crippen LogP contribution in [0.15, 0.2) is 0 Å². The number of rotatable bonds is 4. The Morgan fingerprint density at radius 1 is 1.35 bits per heavy atom. The molecule has 0 aromatic rings. The average molecular weight is 243 g/mol. The molecule has 0 unspecified atom stereocenters. The Morgan fingerprint density at radius 2 is 2.00 bits per heavy atom. The lowest BCUT2D eigenvalue weighted by Crippen LogP contribution is -2.38. The molecule has 1 saturated carbocycles. The minimum absolute atomic E-state index is 0.0406. The summed E-state index contributed by atoms with van der Waals surface area (Å²) in [5.41, 5.74) is 0. The molecule has 2 rings (SSSR count). The lowest BCUT2D eigenvalue weighted by molar-refractivity contribution is -0.191. The zero-order valence-corrected chi connectivity index (χ0v) is 10.4. The topological polar surface area (TPSA) is 56.8 Å². The van der Waals surface area contributed by atoms with Gasteiger partial charge in [0.25, 0.3) is 0 Å². The van der Waals surface area contributed by atoms with Crippen molar-refractivity contribution >= 4 is 5.91 Å². The number of likely N-dealkylation sites (N-methyl/N-ethyl adjacent to an activating group) is 1. The molecule has 0 aromatic carbocycles. The van der Waals surface area contributed by atoms with Crippen molar-refractivity contribution < 1.29 is 19.0 Å². The first-order valence-corrected chi connectivity index (χ1v) is 6.40. The zero-order chi connectivity index (χ0) is 12.1. The van der Waals surface area contributed by atoms with Crippen LogP contribution in [0.2, 0.25) is 0 Å². The van der Waals surface area contributed by atoms with Gasteiger partial charge in [-0.25, -0.2) is 0 Å². The molecule has 98 valence electrons. The van der Waals surface area contributed by atoms with E-state index in [-0.39, 0.29) is 24.4 Å². The van der Waals surface area contributed by atoms with E-state index in [0.717, 1.165) is 25.7 Å². The van der Waals surface area contributed by atoms with Crippen LogP contribution < -0.4 is 5.32 Å². The van der Waals surface area contributed by atoms with E-state index in [0.29, 0.717) is 19.8 Å². The SMILES string of the molecule is CCNC(=O)COC1CCC2(CC1)OCCO2. The zero-order valence-electron chi connectivity index (χ0n) is 10.4. The minimum Gasteiger partial charge on any atom is -0.368 e. The van der Waals surface area contributed by atoms with Crippen molar-refractivity contribution in [1.82, 2.24) is 5.32 Å². The number of amides is 1. The molecule has 2 fully saturated rings. The third-order valence-electron chi connectivity index (χ3n) is 3.33. The Morgan fingerprint density at radius 3 is 2.59 bits per heavy atom. The van der Waals surface area contributed by atoms with Crippen LogP contribution in [0.1, 0.15) is 32.6 Å². The summed E-state index contributed by atoms with van der Waals surface area (Å²) in [6, 6.07) is 0. The van der Waals surface area contributed by atoms with Crippen LogP contribution >= 0.6 is 0 Å². The summed E-state index contributed by atoms with van der Waals surface area (Å²) in [5.74, 6) is -0.382. The minimum atomic E-state index is -0.342. The fourth-order valence-corrected chi connectivity index (χ4v) is 2.43. The smallest absolute Gasteiger partial charge is 0.246 e. The first-order valence-electron chi connectivity index (χ1n) is 6.40. The second kappa shape index (κ2) is 5.80. The predicted octanol–water partition coefficient (Wildman–Crippen LogP) is 0.825. The van der Waals surface area contributed by atoms with E-state index < -0.39 is 0 Å². The standard InChI is InChI=1S/C12H21NO4/c1-2-13-11(14)9-15-10-3-5-12(6-4-10)16-7-8-17-12/h10H,2-9H2,1H3,(H,13,14). The monoisotopic (exact) mass is 243 g/mol. The Balaban J connectivity index is 1.67. The molecule has 1 N–H and O–H groups in total. The van der Waals surface area contributed by atoms with Gasteiger partial charge in [-0.15, -0.1) is 0 Å². The molecule has 0 radical (unpaired) electrons. The molecule has 1 heterocycles. The molecule has 1 saturated heterocycles. The maximum Gasteiger partial charge on any atom is 0.246 e. The molecule has 5 heteroatoms. The maximum atomic E-state index is 11.2. The van der Waals surface area contributed by atoms with Gasteiger partial charge in [0.2, 0.25) is 5.91 Å². The summed E-state index contributed by atoms with van der Waals surface area (Å²) < 4.78 is 16.9. The highest BCUT2D eigenvalue weighted by atomic mass is 16.7. The van der Waals surface area contributed by atoms with E-state index in [2.05, 4.69) is 5.32 Å². The summed E-state index contributed by atoms with van der Waals surface area (Å²) in [5, 5.41) is 2.72. The quantitative estimate of drug-likeness (QED) is 0.794. The molecular formula is C12H21NO4. The molecule has 1 spiro atoms.